The molecule has 0 unspecified atom stereocenters. The van der Waals surface area contributed by atoms with Gasteiger partial charge in [0.05, 0.1) is 25.4 Å². The molecule has 0 heterocycles. The lowest BCUT2D eigenvalue weighted by atomic mass is 10.0. The van der Waals surface area contributed by atoms with Crippen LogP contribution >= 0.6 is 7.82 Å². The molecule has 1 aromatic rings. The molecule has 0 atom stereocenters. The van der Waals surface area contributed by atoms with Crippen LogP contribution in [0.4, 0.5) is 0 Å². The highest BCUT2D eigenvalue weighted by Gasteiger charge is 2.20. The van der Waals surface area contributed by atoms with E-state index in [4.69, 9.17) is 35.4 Å². The van der Waals surface area contributed by atoms with Gasteiger partial charge in [0.1, 0.15) is 5.75 Å². The van der Waals surface area contributed by atoms with Gasteiger partial charge >= 0.3 is 7.82 Å². The van der Waals surface area contributed by atoms with Gasteiger partial charge in [0.15, 0.2) is 0 Å². The first-order valence-electron chi connectivity index (χ1n) is 9.16. The molecule has 0 aliphatic rings. The maximum absolute atomic E-state index is 10.9. The molecule has 1 rings (SSSR count). The third-order valence-corrected chi connectivity index (χ3v) is 4.37. The predicted molar refractivity (Wildman–Crippen MR) is 104 cm³/mol. The van der Waals surface area contributed by atoms with Crippen molar-refractivity contribution in [2.45, 2.75) is 57.4 Å². The summed E-state index contributed by atoms with van der Waals surface area (Å²) in [5.41, 5.74) is 4.80. The zero-order chi connectivity index (χ0) is 20.8. The van der Waals surface area contributed by atoms with Crippen LogP contribution in [0.2, 0.25) is 0 Å². The van der Waals surface area contributed by atoms with E-state index >= 15 is 0 Å². The molecule has 0 aliphatic carbocycles. The van der Waals surface area contributed by atoms with Gasteiger partial charge in [-0.25, -0.2) is 4.57 Å². The van der Waals surface area contributed by atoms with Crippen molar-refractivity contribution in [3.63, 3.8) is 0 Å². The number of para-hydroxylation sites is 1. The third-order valence-electron chi connectivity index (χ3n) is 3.93. The Bertz CT molecular complexity index is 538. The molecule has 9 heteroatoms. The summed E-state index contributed by atoms with van der Waals surface area (Å²) >= 11 is 0. The third kappa shape index (κ3) is 12.9. The van der Waals surface area contributed by atoms with Crippen molar-refractivity contribution in [2.24, 2.45) is 5.73 Å². The molecule has 0 fully saturated rings. The van der Waals surface area contributed by atoms with Gasteiger partial charge in [0.2, 0.25) is 0 Å². The number of hydrogen-bond donors (Lipinski definition) is 6. The molecule has 0 radical (unpaired) electrons. The van der Waals surface area contributed by atoms with E-state index in [9.17, 15) is 4.57 Å². The number of aliphatic hydroxyl groups excluding tert-OH is 3. The zero-order valence-corrected chi connectivity index (χ0v) is 16.9. The molecule has 0 aromatic heterocycles. The van der Waals surface area contributed by atoms with Crippen LogP contribution in [0.25, 0.3) is 0 Å². The summed E-state index contributed by atoms with van der Waals surface area (Å²) in [7, 11) is -4.47. The molecule has 8 nitrogen and oxygen atoms in total. The summed E-state index contributed by atoms with van der Waals surface area (Å²) in [5, 5.41) is 25.0. The van der Waals surface area contributed by atoms with Gasteiger partial charge in [0.25, 0.3) is 0 Å². The van der Waals surface area contributed by atoms with E-state index in [1.807, 2.05) is 12.1 Å². The van der Waals surface area contributed by atoms with Crippen LogP contribution in [0.3, 0.4) is 0 Å². The Balaban J connectivity index is 0.000000713. The van der Waals surface area contributed by atoms with Crippen molar-refractivity contribution < 1.29 is 34.2 Å². The van der Waals surface area contributed by atoms with E-state index in [0.717, 1.165) is 24.8 Å². The Kier molecular flexibility index (Phi) is 13.6. The number of rotatable bonds is 12. The summed E-state index contributed by atoms with van der Waals surface area (Å²) in [5.74, 6) is 0.296. The highest BCUT2D eigenvalue weighted by atomic mass is 31.2. The average Bonchev–Trinajstić information content (AvgIpc) is 2.64. The van der Waals surface area contributed by atoms with E-state index in [1.54, 1.807) is 12.1 Å². The van der Waals surface area contributed by atoms with Gasteiger partial charge < -0.3 is 25.6 Å². The monoisotopic (exact) mass is 407 g/mol. The Hall–Kier alpha value is -0.990. The molecule has 0 spiro atoms. The summed E-state index contributed by atoms with van der Waals surface area (Å²) in [6.07, 6.45) is 7.95. The fourth-order valence-corrected chi connectivity index (χ4v) is 2.61. The average molecular weight is 407 g/mol. The summed E-state index contributed by atoms with van der Waals surface area (Å²) in [4.78, 5) is 17.7. The standard InChI is InChI=1S/C14H23O4P.C4H11NO3/c1-2-3-4-5-6-7-10-13-11-8-9-12-14(13)18-19(15,16)17;5-4(1-6,2-7)3-8/h8-9,11-12H,2-7,10H2,1H3,(H2,15,16,17);6-8H,1-3,5H2. The van der Waals surface area contributed by atoms with Crippen molar-refractivity contribution in [3.05, 3.63) is 29.8 Å². The number of aryl methyl sites for hydroxylation is 1. The van der Waals surface area contributed by atoms with Crippen molar-refractivity contribution in [2.75, 3.05) is 19.8 Å². The highest BCUT2D eigenvalue weighted by molar-refractivity contribution is 7.46. The smallest absolute Gasteiger partial charge is 0.404 e. The fraction of sp³-hybridized carbons (Fsp3) is 0.667. The second-order valence-electron chi connectivity index (χ2n) is 6.54. The summed E-state index contributed by atoms with van der Waals surface area (Å²) in [6, 6.07) is 7.04. The molecule has 27 heavy (non-hydrogen) atoms. The van der Waals surface area contributed by atoms with Crippen LogP contribution in [-0.2, 0) is 11.0 Å². The molecule has 0 aliphatic heterocycles. The van der Waals surface area contributed by atoms with Crippen LogP contribution < -0.4 is 10.3 Å². The van der Waals surface area contributed by atoms with Gasteiger partial charge in [-0.1, -0.05) is 57.2 Å². The molecule has 158 valence electrons. The first-order chi connectivity index (χ1) is 12.7. The fourth-order valence-electron chi connectivity index (χ4n) is 2.17. The maximum atomic E-state index is 10.9. The minimum atomic E-state index is -4.47. The number of hydrogen-bond acceptors (Lipinski definition) is 6. The van der Waals surface area contributed by atoms with Crippen LogP contribution in [0, 0.1) is 0 Å². The zero-order valence-electron chi connectivity index (χ0n) is 16.0. The lowest BCUT2D eigenvalue weighted by Gasteiger charge is -2.20. The van der Waals surface area contributed by atoms with Gasteiger partial charge in [-0.2, -0.15) is 0 Å². The highest BCUT2D eigenvalue weighted by Crippen LogP contribution is 2.39. The second-order valence-corrected chi connectivity index (χ2v) is 7.71. The summed E-state index contributed by atoms with van der Waals surface area (Å²) < 4.78 is 15.6. The maximum Gasteiger partial charge on any atom is 0.524 e. The molecule has 0 saturated heterocycles. The number of benzene rings is 1. The summed E-state index contributed by atoms with van der Waals surface area (Å²) in [6.45, 7) is 0.982. The molecule has 0 saturated carbocycles. The number of nitrogens with two attached hydrogens (primary N) is 1. The molecule has 7 N–H and O–H groups in total. The molecule has 0 amide bonds. The van der Waals surface area contributed by atoms with E-state index in [0.29, 0.717) is 5.75 Å². The molecule has 0 bridgehead atoms. The number of aliphatic hydroxyl groups is 3. The second kappa shape index (κ2) is 14.1. The van der Waals surface area contributed by atoms with Gasteiger partial charge in [-0.3, -0.25) is 9.79 Å². The Morgan fingerprint density at radius 3 is 1.96 bits per heavy atom. The van der Waals surface area contributed by atoms with Crippen molar-refractivity contribution in [3.8, 4) is 5.75 Å². The van der Waals surface area contributed by atoms with Gasteiger partial charge in [-0.15, -0.1) is 0 Å². The van der Waals surface area contributed by atoms with E-state index < -0.39 is 33.2 Å². The van der Waals surface area contributed by atoms with Crippen molar-refractivity contribution in [1.29, 1.82) is 0 Å². The molecule has 1 aromatic carbocycles. The van der Waals surface area contributed by atoms with Crippen molar-refractivity contribution in [1.82, 2.24) is 0 Å². The number of phosphoric ester groups is 1. The quantitative estimate of drug-likeness (QED) is 0.226. The minimum absolute atomic E-state index is 0.296. The Morgan fingerprint density at radius 2 is 1.48 bits per heavy atom. The van der Waals surface area contributed by atoms with E-state index in [-0.39, 0.29) is 0 Å². The Labute approximate surface area is 161 Å². The largest absolute Gasteiger partial charge is 0.524 e. The normalized spacial score (nSPS) is 11.7. The number of phosphoric acid groups is 1. The minimum Gasteiger partial charge on any atom is -0.404 e. The first kappa shape index (κ1) is 26.0. The Morgan fingerprint density at radius 1 is 0.963 bits per heavy atom. The van der Waals surface area contributed by atoms with E-state index in [2.05, 4.69) is 6.92 Å². The molecular weight excluding hydrogens is 373 g/mol. The van der Waals surface area contributed by atoms with Crippen molar-refractivity contribution >= 4 is 7.82 Å². The number of unbranched alkanes of at least 4 members (excludes halogenated alkanes) is 5. The van der Waals surface area contributed by atoms with Gasteiger partial charge in [0, 0.05) is 0 Å². The lowest BCUT2D eigenvalue weighted by molar-refractivity contribution is 0.0697. The van der Waals surface area contributed by atoms with E-state index in [1.165, 1.54) is 25.7 Å². The van der Waals surface area contributed by atoms with Crippen LogP contribution in [0.15, 0.2) is 24.3 Å². The van der Waals surface area contributed by atoms with Crippen LogP contribution in [-0.4, -0.2) is 50.5 Å². The molecular formula is C18H34NO7P. The SMILES string of the molecule is CCCCCCCCc1ccccc1OP(=O)(O)O.NC(CO)(CO)CO. The van der Waals surface area contributed by atoms with Crippen LogP contribution in [0.1, 0.15) is 51.0 Å². The lowest BCUT2D eigenvalue weighted by Crippen LogP contribution is -2.50. The van der Waals surface area contributed by atoms with Crippen LogP contribution in [0.5, 0.6) is 5.75 Å². The van der Waals surface area contributed by atoms with Gasteiger partial charge in [-0.05, 0) is 24.5 Å². The first-order valence-corrected chi connectivity index (χ1v) is 10.7. The predicted octanol–water partition coefficient (Wildman–Crippen LogP) is 1.72. The topological polar surface area (TPSA) is 153 Å².